The van der Waals surface area contributed by atoms with Crippen LogP contribution in [-0.2, 0) is 0 Å². The summed E-state index contributed by atoms with van der Waals surface area (Å²) >= 11 is 0. The fraction of sp³-hybridized carbons (Fsp3) is 0.450. The van der Waals surface area contributed by atoms with Crippen molar-refractivity contribution in [3.63, 3.8) is 0 Å². The molecule has 2 saturated heterocycles. The lowest BCUT2D eigenvalue weighted by Gasteiger charge is -2.41. The van der Waals surface area contributed by atoms with Gasteiger partial charge in [-0.3, -0.25) is 9.78 Å². The van der Waals surface area contributed by atoms with Crippen molar-refractivity contribution < 1.29 is 9.18 Å². The Kier molecular flexibility index (Phi) is 4.13. The number of carbonyl (C=O) groups is 1. The molecule has 5 nitrogen and oxygen atoms in total. The molecule has 0 saturated carbocycles. The van der Waals surface area contributed by atoms with Crippen LogP contribution >= 0.6 is 0 Å². The van der Waals surface area contributed by atoms with Crippen LogP contribution in [0.5, 0.6) is 0 Å². The second-order valence-corrected chi connectivity index (χ2v) is 7.82. The van der Waals surface area contributed by atoms with Crippen molar-refractivity contribution in [2.24, 2.45) is 5.92 Å². The highest BCUT2D eigenvalue weighted by molar-refractivity contribution is 5.92. The molecule has 0 unspecified atom stereocenters. The van der Waals surface area contributed by atoms with E-state index in [-0.39, 0.29) is 17.3 Å². The van der Waals surface area contributed by atoms with Gasteiger partial charge in [0, 0.05) is 42.8 Å². The lowest BCUT2D eigenvalue weighted by molar-refractivity contribution is 0.0661. The molecule has 0 bridgehead atoms. The molecule has 2 aromatic rings. The number of likely N-dealkylation sites (tertiary alicyclic amines) is 1. The van der Waals surface area contributed by atoms with Gasteiger partial charge in [-0.05, 0) is 56.9 Å². The quantitative estimate of drug-likeness (QED) is 0.831. The van der Waals surface area contributed by atoms with Gasteiger partial charge in [0.25, 0.3) is 5.91 Å². The van der Waals surface area contributed by atoms with E-state index in [0.717, 1.165) is 25.1 Å². The minimum absolute atomic E-state index is 0.0290. The molecule has 2 aliphatic rings. The summed E-state index contributed by atoms with van der Waals surface area (Å²) in [6.45, 7) is 5.87. The third-order valence-electron chi connectivity index (χ3n) is 5.61. The monoisotopic (exact) mass is 354 g/mol. The molecule has 2 fully saturated rings. The fourth-order valence-corrected chi connectivity index (χ4v) is 4.65. The van der Waals surface area contributed by atoms with Crippen molar-refractivity contribution in [2.75, 3.05) is 18.0 Å². The predicted molar refractivity (Wildman–Crippen MR) is 97.4 cm³/mol. The summed E-state index contributed by atoms with van der Waals surface area (Å²) < 4.78 is 13.3. The largest absolute Gasteiger partial charge is 0.363 e. The number of halogens is 1. The Bertz CT molecular complexity index is 793. The number of fused-ring (bicyclic) bond motifs is 1. The summed E-state index contributed by atoms with van der Waals surface area (Å²) in [6, 6.07) is 7.12. The highest BCUT2D eigenvalue weighted by Crippen LogP contribution is 2.44. The normalized spacial score (nSPS) is 24.4. The summed E-state index contributed by atoms with van der Waals surface area (Å²) in [5.41, 5.74) is 1.43. The number of aromatic nitrogens is 2. The molecule has 0 N–H and O–H groups in total. The van der Waals surface area contributed by atoms with E-state index in [1.165, 1.54) is 18.3 Å². The highest BCUT2D eigenvalue weighted by atomic mass is 19.1. The number of piperidine rings is 1. The molecule has 1 aromatic heterocycles. The molecule has 26 heavy (non-hydrogen) atoms. The molecule has 6 heteroatoms. The van der Waals surface area contributed by atoms with Gasteiger partial charge in [-0.1, -0.05) is 0 Å². The SMILES string of the molecule is CC1(C)C[C@@H]2CN(C(=O)c3cnccn3)CC[C@@H]2N1c1ccc(F)cc1. The van der Waals surface area contributed by atoms with Gasteiger partial charge in [-0.15, -0.1) is 0 Å². The van der Waals surface area contributed by atoms with Crippen LogP contribution in [0.2, 0.25) is 0 Å². The number of hydrogen-bond acceptors (Lipinski definition) is 4. The minimum Gasteiger partial charge on any atom is -0.363 e. The average Bonchev–Trinajstić information content (AvgIpc) is 2.91. The number of nitrogens with zero attached hydrogens (tertiary/aromatic N) is 4. The van der Waals surface area contributed by atoms with Gasteiger partial charge in [0.1, 0.15) is 11.5 Å². The molecule has 2 aliphatic heterocycles. The number of benzene rings is 1. The van der Waals surface area contributed by atoms with Crippen LogP contribution < -0.4 is 4.90 Å². The van der Waals surface area contributed by atoms with Crippen LogP contribution in [0.3, 0.4) is 0 Å². The van der Waals surface area contributed by atoms with Crippen molar-refractivity contribution >= 4 is 11.6 Å². The van der Waals surface area contributed by atoms with Crippen molar-refractivity contribution in [3.8, 4) is 0 Å². The van der Waals surface area contributed by atoms with Gasteiger partial charge in [-0.25, -0.2) is 9.37 Å². The van der Waals surface area contributed by atoms with E-state index in [2.05, 4.69) is 28.7 Å². The lowest BCUT2D eigenvalue weighted by Crippen LogP contribution is -2.50. The van der Waals surface area contributed by atoms with E-state index >= 15 is 0 Å². The van der Waals surface area contributed by atoms with E-state index in [9.17, 15) is 9.18 Å². The van der Waals surface area contributed by atoms with Gasteiger partial charge >= 0.3 is 0 Å². The molecule has 2 atom stereocenters. The van der Waals surface area contributed by atoms with Crippen molar-refractivity contribution in [3.05, 3.63) is 54.4 Å². The maximum Gasteiger partial charge on any atom is 0.274 e. The topological polar surface area (TPSA) is 49.3 Å². The van der Waals surface area contributed by atoms with E-state index in [1.54, 1.807) is 12.4 Å². The molecule has 0 spiro atoms. The standard InChI is InChI=1S/C20H23FN4O/c1-20(2)11-14-13-24(19(26)17-12-22-8-9-23-17)10-7-18(14)25(20)16-5-3-15(21)4-6-16/h3-6,8-9,12,14,18H,7,10-11,13H2,1-2H3/t14-,18+/m1/s1. The van der Waals surface area contributed by atoms with Crippen molar-refractivity contribution in [1.29, 1.82) is 0 Å². The van der Waals surface area contributed by atoms with Crippen LogP contribution in [-0.4, -0.2) is 45.4 Å². The van der Waals surface area contributed by atoms with Crippen LogP contribution in [0.4, 0.5) is 10.1 Å². The third kappa shape index (κ3) is 2.93. The first-order valence-corrected chi connectivity index (χ1v) is 9.06. The van der Waals surface area contributed by atoms with Gasteiger partial charge < -0.3 is 9.80 Å². The number of carbonyl (C=O) groups excluding carboxylic acids is 1. The molecule has 136 valence electrons. The number of amides is 1. The van der Waals surface area contributed by atoms with Gasteiger partial charge in [0.15, 0.2) is 0 Å². The van der Waals surface area contributed by atoms with E-state index in [0.29, 0.717) is 24.2 Å². The van der Waals surface area contributed by atoms with E-state index < -0.39 is 0 Å². The van der Waals surface area contributed by atoms with Crippen LogP contribution in [0, 0.1) is 11.7 Å². The fourth-order valence-electron chi connectivity index (χ4n) is 4.65. The summed E-state index contributed by atoms with van der Waals surface area (Å²) in [7, 11) is 0. The molecule has 3 heterocycles. The molecular formula is C20H23FN4O. The summed E-state index contributed by atoms with van der Waals surface area (Å²) in [5, 5.41) is 0. The van der Waals surface area contributed by atoms with Crippen LogP contribution in [0.15, 0.2) is 42.9 Å². The summed E-state index contributed by atoms with van der Waals surface area (Å²) in [5.74, 6) is 0.130. The molecule has 4 rings (SSSR count). The first-order valence-electron chi connectivity index (χ1n) is 9.06. The molecule has 0 aliphatic carbocycles. The first kappa shape index (κ1) is 16.9. The molecule has 0 radical (unpaired) electrons. The Morgan fingerprint density at radius 1 is 1.23 bits per heavy atom. The first-order chi connectivity index (χ1) is 12.5. The summed E-state index contributed by atoms with van der Waals surface area (Å²) in [6.07, 6.45) is 6.55. The van der Waals surface area contributed by atoms with Gasteiger partial charge in [-0.2, -0.15) is 0 Å². The Labute approximate surface area is 152 Å². The Hall–Kier alpha value is -2.50. The molecule has 1 amide bonds. The van der Waals surface area contributed by atoms with Crippen LogP contribution in [0.1, 0.15) is 37.2 Å². The number of rotatable bonds is 2. The maximum atomic E-state index is 13.3. The Morgan fingerprint density at radius 3 is 2.69 bits per heavy atom. The Morgan fingerprint density at radius 2 is 2.00 bits per heavy atom. The maximum absolute atomic E-state index is 13.3. The highest BCUT2D eigenvalue weighted by Gasteiger charge is 2.48. The smallest absolute Gasteiger partial charge is 0.274 e. The zero-order valence-electron chi connectivity index (χ0n) is 15.1. The van der Waals surface area contributed by atoms with E-state index in [4.69, 9.17) is 0 Å². The second-order valence-electron chi connectivity index (χ2n) is 7.82. The molecular weight excluding hydrogens is 331 g/mol. The van der Waals surface area contributed by atoms with E-state index in [1.807, 2.05) is 17.0 Å². The predicted octanol–water partition coefficient (Wildman–Crippen LogP) is 3.14. The average molecular weight is 354 g/mol. The van der Waals surface area contributed by atoms with Gasteiger partial charge in [0.05, 0.1) is 6.20 Å². The molecule has 1 aromatic carbocycles. The Balaban J connectivity index is 1.55. The third-order valence-corrected chi connectivity index (χ3v) is 5.61. The van der Waals surface area contributed by atoms with Crippen molar-refractivity contribution in [1.82, 2.24) is 14.9 Å². The second kappa shape index (κ2) is 6.34. The summed E-state index contributed by atoms with van der Waals surface area (Å²) in [4.78, 5) is 25.2. The zero-order chi connectivity index (χ0) is 18.3. The lowest BCUT2D eigenvalue weighted by atomic mass is 9.89. The number of anilines is 1. The van der Waals surface area contributed by atoms with Crippen LogP contribution in [0.25, 0.3) is 0 Å². The zero-order valence-corrected chi connectivity index (χ0v) is 15.1. The number of hydrogen-bond donors (Lipinski definition) is 0. The van der Waals surface area contributed by atoms with Gasteiger partial charge in [0.2, 0.25) is 0 Å². The van der Waals surface area contributed by atoms with Crippen molar-refractivity contribution in [2.45, 2.75) is 38.3 Å². The minimum atomic E-state index is -0.216.